The van der Waals surface area contributed by atoms with Gasteiger partial charge in [-0.25, -0.2) is 8.78 Å². The summed E-state index contributed by atoms with van der Waals surface area (Å²) in [4.78, 5) is 11.4. The summed E-state index contributed by atoms with van der Waals surface area (Å²) in [5, 5.41) is 8.78. The van der Waals surface area contributed by atoms with E-state index < -0.39 is 24.1 Å². The molecule has 0 aromatic rings. The van der Waals surface area contributed by atoms with E-state index in [-0.39, 0.29) is 24.3 Å². The second kappa shape index (κ2) is 6.21. The summed E-state index contributed by atoms with van der Waals surface area (Å²) in [5.74, 6) is -2.00. The van der Waals surface area contributed by atoms with Crippen LogP contribution in [0.1, 0.15) is 19.3 Å². The fourth-order valence-electron chi connectivity index (χ4n) is 1.62. The Balaban J connectivity index is 2.88. The topological polar surface area (TPSA) is 37.3 Å². The quantitative estimate of drug-likeness (QED) is 0.761. The zero-order valence-electron chi connectivity index (χ0n) is 8.83. The lowest BCUT2D eigenvalue weighted by Crippen LogP contribution is -2.25. The molecule has 0 heterocycles. The van der Waals surface area contributed by atoms with E-state index in [2.05, 4.69) is 9.24 Å². The van der Waals surface area contributed by atoms with Gasteiger partial charge in [-0.15, -0.1) is 9.24 Å². The molecule has 0 saturated heterocycles. The number of rotatable bonds is 2. The predicted octanol–water partition coefficient (Wildman–Crippen LogP) is 2.30. The number of hydrogen-bond acceptors (Lipinski definition) is 2. The zero-order valence-corrected chi connectivity index (χ0v) is 9.98. The third-order valence-corrected chi connectivity index (χ3v) is 3.33. The van der Waals surface area contributed by atoms with Gasteiger partial charge in [0, 0.05) is 12.3 Å². The van der Waals surface area contributed by atoms with Gasteiger partial charge in [0.1, 0.15) is 12.4 Å². The Morgan fingerprint density at radius 1 is 1.50 bits per heavy atom. The maximum atomic E-state index is 13.3. The summed E-state index contributed by atoms with van der Waals surface area (Å²) in [6, 6.07) is 0. The molecule has 0 radical (unpaired) electrons. The summed E-state index contributed by atoms with van der Waals surface area (Å²) in [7, 11) is 2.42. The van der Waals surface area contributed by atoms with Gasteiger partial charge in [-0.3, -0.25) is 4.79 Å². The second-order valence-corrected chi connectivity index (χ2v) is 4.68. The monoisotopic (exact) mass is 248 g/mol. The van der Waals surface area contributed by atoms with Crippen LogP contribution in [0, 0.1) is 5.92 Å². The molecule has 5 heteroatoms. The Kier molecular flexibility index (Phi) is 5.23. The van der Waals surface area contributed by atoms with E-state index >= 15 is 0 Å². The lowest BCUT2D eigenvalue weighted by Gasteiger charge is -2.18. The molecule has 3 atom stereocenters. The van der Waals surface area contributed by atoms with Crippen molar-refractivity contribution in [3.8, 4) is 0 Å². The number of aliphatic hydroxyl groups is 1. The van der Waals surface area contributed by atoms with E-state index in [0.29, 0.717) is 6.42 Å². The van der Waals surface area contributed by atoms with E-state index in [0.717, 1.165) is 0 Å². The van der Waals surface area contributed by atoms with Crippen LogP contribution in [0.2, 0.25) is 0 Å². The number of hydrogen-bond donors (Lipinski definition) is 1. The summed E-state index contributed by atoms with van der Waals surface area (Å²) in [6.07, 6.45) is 2.89. The number of ketones is 1. The van der Waals surface area contributed by atoms with Crippen molar-refractivity contribution in [1.82, 2.24) is 0 Å². The number of Topliss-reactive ketones (excluding diaryl/α,β-unsaturated/α-hetero) is 1. The zero-order chi connectivity index (χ0) is 12.1. The molecular weight excluding hydrogens is 233 g/mol. The van der Waals surface area contributed by atoms with E-state index in [9.17, 15) is 13.6 Å². The van der Waals surface area contributed by atoms with Gasteiger partial charge >= 0.3 is 0 Å². The van der Waals surface area contributed by atoms with Gasteiger partial charge in [0.2, 0.25) is 0 Å². The Labute approximate surface area is 95.6 Å². The number of halogens is 2. The van der Waals surface area contributed by atoms with E-state index in [1.54, 1.807) is 0 Å². The molecule has 0 spiro atoms. The van der Waals surface area contributed by atoms with Gasteiger partial charge in [-0.2, -0.15) is 0 Å². The second-order valence-electron chi connectivity index (χ2n) is 3.82. The third-order valence-electron chi connectivity index (χ3n) is 2.58. The third kappa shape index (κ3) is 3.76. The SMILES string of the molecule is O=C(CO)[C@H]1C=C(F)C/C=C(/F)CC[C@H]1P. The first-order chi connectivity index (χ1) is 7.54. The highest BCUT2D eigenvalue weighted by Gasteiger charge is 2.24. The van der Waals surface area contributed by atoms with Crippen LogP contribution in [0.15, 0.2) is 23.8 Å². The minimum Gasteiger partial charge on any atom is -0.389 e. The van der Waals surface area contributed by atoms with Crippen molar-refractivity contribution in [1.29, 1.82) is 0 Å². The Bertz CT molecular complexity index is 326. The molecule has 0 aliphatic heterocycles. The minimum atomic E-state index is -0.686. The molecule has 90 valence electrons. The molecule has 0 aromatic heterocycles. The van der Waals surface area contributed by atoms with Crippen molar-refractivity contribution in [2.24, 2.45) is 5.92 Å². The molecule has 0 saturated carbocycles. The minimum absolute atomic E-state index is 0.127. The summed E-state index contributed by atoms with van der Waals surface area (Å²) >= 11 is 0. The molecule has 1 rings (SSSR count). The lowest BCUT2D eigenvalue weighted by molar-refractivity contribution is -0.124. The fraction of sp³-hybridized carbons (Fsp3) is 0.545. The molecule has 1 aliphatic rings. The van der Waals surface area contributed by atoms with Crippen molar-refractivity contribution in [3.63, 3.8) is 0 Å². The predicted molar refractivity (Wildman–Crippen MR) is 61.3 cm³/mol. The average Bonchev–Trinajstić information content (AvgIpc) is 2.33. The molecule has 0 aromatic carbocycles. The van der Waals surface area contributed by atoms with E-state index in [4.69, 9.17) is 5.11 Å². The van der Waals surface area contributed by atoms with Crippen LogP contribution < -0.4 is 0 Å². The van der Waals surface area contributed by atoms with E-state index in [1.807, 2.05) is 0 Å². The highest BCUT2D eigenvalue weighted by molar-refractivity contribution is 7.17. The Morgan fingerprint density at radius 2 is 2.19 bits per heavy atom. The van der Waals surface area contributed by atoms with Crippen LogP contribution >= 0.6 is 9.24 Å². The smallest absolute Gasteiger partial charge is 0.165 e. The van der Waals surface area contributed by atoms with Crippen LogP contribution in [-0.2, 0) is 4.79 Å². The van der Waals surface area contributed by atoms with Gasteiger partial charge < -0.3 is 5.11 Å². The highest BCUT2D eigenvalue weighted by Crippen LogP contribution is 2.27. The first-order valence-corrected chi connectivity index (χ1v) is 5.81. The molecular formula is C11H15F2O2P. The van der Waals surface area contributed by atoms with Gasteiger partial charge in [0.15, 0.2) is 5.78 Å². The van der Waals surface area contributed by atoms with Crippen molar-refractivity contribution >= 4 is 15.0 Å². The van der Waals surface area contributed by atoms with Gasteiger partial charge in [-0.05, 0) is 30.7 Å². The van der Waals surface area contributed by atoms with E-state index in [1.165, 1.54) is 12.2 Å². The Hall–Kier alpha value is -0.600. The number of carbonyl (C=O) groups excluding carboxylic acids is 1. The maximum Gasteiger partial charge on any atom is 0.165 e. The maximum absolute atomic E-state index is 13.3. The fourth-order valence-corrected chi connectivity index (χ4v) is 2.11. The molecule has 2 nitrogen and oxygen atoms in total. The highest BCUT2D eigenvalue weighted by atomic mass is 31.0. The number of aliphatic hydroxyl groups excluding tert-OH is 1. The van der Waals surface area contributed by atoms with Crippen LogP contribution in [0.3, 0.4) is 0 Å². The largest absolute Gasteiger partial charge is 0.389 e. The number of carbonyl (C=O) groups is 1. The van der Waals surface area contributed by atoms with Crippen molar-refractivity contribution in [2.45, 2.75) is 24.9 Å². The van der Waals surface area contributed by atoms with Crippen LogP contribution in [-0.4, -0.2) is 23.2 Å². The summed E-state index contributed by atoms with van der Waals surface area (Å²) in [6.45, 7) is -0.616. The van der Waals surface area contributed by atoms with Crippen molar-refractivity contribution in [2.75, 3.05) is 6.61 Å². The molecule has 16 heavy (non-hydrogen) atoms. The normalized spacial score (nSPS) is 30.5. The average molecular weight is 248 g/mol. The summed E-state index contributed by atoms with van der Waals surface area (Å²) < 4.78 is 26.4. The first-order valence-electron chi connectivity index (χ1n) is 5.14. The molecule has 1 unspecified atom stereocenters. The summed E-state index contributed by atoms with van der Waals surface area (Å²) in [5.41, 5.74) is -0.248. The molecule has 0 amide bonds. The standard InChI is InChI=1S/C11H15F2O2P/c12-7-1-2-8(13)5-9(10(15)6-14)11(16)4-3-7/h1,5,9,11,14H,2-4,6,16H2/b7-1+,8-5?/t9-,11-/m1/s1. The van der Waals surface area contributed by atoms with Gasteiger partial charge in [0.25, 0.3) is 0 Å². The van der Waals surface area contributed by atoms with Crippen LogP contribution in [0.4, 0.5) is 8.78 Å². The van der Waals surface area contributed by atoms with Gasteiger partial charge in [-0.1, -0.05) is 0 Å². The molecule has 0 fully saturated rings. The van der Waals surface area contributed by atoms with Crippen LogP contribution in [0.25, 0.3) is 0 Å². The molecule has 1 aliphatic carbocycles. The Morgan fingerprint density at radius 3 is 2.81 bits per heavy atom. The van der Waals surface area contributed by atoms with Gasteiger partial charge in [0.05, 0.1) is 5.83 Å². The number of allylic oxidation sites excluding steroid dienone is 4. The van der Waals surface area contributed by atoms with Crippen molar-refractivity contribution < 1.29 is 18.7 Å². The first kappa shape index (κ1) is 13.5. The molecule has 1 N–H and O–H groups in total. The van der Waals surface area contributed by atoms with Crippen molar-refractivity contribution in [3.05, 3.63) is 23.8 Å². The molecule has 0 bridgehead atoms. The van der Waals surface area contributed by atoms with Crippen LogP contribution in [0.5, 0.6) is 0 Å². The lowest BCUT2D eigenvalue weighted by atomic mass is 9.96.